The highest BCUT2D eigenvalue weighted by Gasteiger charge is 2.40. The summed E-state index contributed by atoms with van der Waals surface area (Å²) < 4.78 is 10.3. The minimum absolute atomic E-state index is 0.382. The van der Waals surface area contributed by atoms with E-state index in [2.05, 4.69) is 20.3 Å². The van der Waals surface area contributed by atoms with Gasteiger partial charge in [0, 0.05) is 11.6 Å². The molecule has 0 aromatic carbocycles. The number of nitrogens with zero attached hydrogens (tertiary/aromatic N) is 4. The van der Waals surface area contributed by atoms with Gasteiger partial charge in [0.25, 0.3) is 0 Å². The van der Waals surface area contributed by atoms with Crippen LogP contribution in [0.1, 0.15) is 33.6 Å². The molecule has 0 bridgehead atoms. The first-order valence-electron chi connectivity index (χ1n) is 6.27. The summed E-state index contributed by atoms with van der Waals surface area (Å²) in [5.74, 6) is 1.28. The van der Waals surface area contributed by atoms with E-state index >= 15 is 0 Å². The van der Waals surface area contributed by atoms with Crippen molar-refractivity contribution in [3.63, 3.8) is 0 Å². The molecular weight excluding hydrogens is 258 g/mol. The predicted molar refractivity (Wildman–Crippen MR) is 73.2 cm³/mol. The molecule has 2 N–H and O–H groups in total. The lowest BCUT2D eigenvalue weighted by molar-refractivity contribution is 0.223. The third-order valence-electron chi connectivity index (χ3n) is 3.65. The Morgan fingerprint density at radius 1 is 1.15 bits per heavy atom. The van der Waals surface area contributed by atoms with E-state index in [1.165, 1.54) is 7.11 Å². The standard InChI is InChI=1S/C13H19N5O2/c1-12(2,13(3,4)14)11-15-10(18-20-11)8-6-7-9(19-5)17-16-8/h6-7H,14H2,1-5H3. The number of methoxy groups -OCH3 is 1. The molecule has 0 saturated carbocycles. The second-order valence-electron chi connectivity index (χ2n) is 5.73. The molecule has 0 saturated heterocycles. The average molecular weight is 277 g/mol. The lowest BCUT2D eigenvalue weighted by Gasteiger charge is -2.34. The van der Waals surface area contributed by atoms with Crippen molar-refractivity contribution in [1.82, 2.24) is 20.3 Å². The summed E-state index contributed by atoms with van der Waals surface area (Å²) in [6.45, 7) is 7.77. The first-order chi connectivity index (χ1) is 9.25. The minimum atomic E-state index is -0.498. The smallest absolute Gasteiger partial charge is 0.234 e. The molecule has 0 fully saturated rings. The maximum Gasteiger partial charge on any atom is 0.234 e. The second-order valence-corrected chi connectivity index (χ2v) is 5.73. The Hall–Kier alpha value is -2.02. The van der Waals surface area contributed by atoms with Crippen molar-refractivity contribution >= 4 is 0 Å². The Labute approximate surface area is 117 Å². The van der Waals surface area contributed by atoms with Crippen LogP contribution >= 0.6 is 0 Å². The Morgan fingerprint density at radius 3 is 2.35 bits per heavy atom. The van der Waals surface area contributed by atoms with Gasteiger partial charge in [-0.25, -0.2) is 0 Å². The molecule has 2 rings (SSSR count). The van der Waals surface area contributed by atoms with Gasteiger partial charge < -0.3 is 15.0 Å². The summed E-state index contributed by atoms with van der Waals surface area (Å²) in [7, 11) is 1.53. The van der Waals surface area contributed by atoms with Gasteiger partial charge in [-0.3, -0.25) is 0 Å². The molecule has 2 aromatic rings. The number of aromatic nitrogens is 4. The van der Waals surface area contributed by atoms with Gasteiger partial charge in [0.1, 0.15) is 5.69 Å². The molecule has 7 heteroatoms. The molecule has 0 amide bonds. The van der Waals surface area contributed by atoms with Crippen molar-refractivity contribution in [3.05, 3.63) is 18.0 Å². The van der Waals surface area contributed by atoms with Crippen molar-refractivity contribution in [1.29, 1.82) is 0 Å². The molecular formula is C13H19N5O2. The fraction of sp³-hybridized carbons (Fsp3) is 0.538. The summed E-state index contributed by atoms with van der Waals surface area (Å²) in [6.07, 6.45) is 0. The van der Waals surface area contributed by atoms with E-state index in [9.17, 15) is 0 Å². The molecule has 0 spiro atoms. The molecule has 0 aliphatic heterocycles. The van der Waals surface area contributed by atoms with Crippen LogP contribution < -0.4 is 10.5 Å². The van der Waals surface area contributed by atoms with Crippen molar-refractivity contribution < 1.29 is 9.26 Å². The monoisotopic (exact) mass is 277 g/mol. The lowest BCUT2D eigenvalue weighted by atomic mass is 9.75. The molecule has 2 heterocycles. The summed E-state index contributed by atoms with van der Waals surface area (Å²) >= 11 is 0. The van der Waals surface area contributed by atoms with E-state index < -0.39 is 11.0 Å². The van der Waals surface area contributed by atoms with Gasteiger partial charge in [-0.15, -0.1) is 10.2 Å². The average Bonchev–Trinajstić information content (AvgIpc) is 2.87. The second kappa shape index (κ2) is 4.82. The zero-order valence-corrected chi connectivity index (χ0v) is 12.3. The van der Waals surface area contributed by atoms with E-state index in [-0.39, 0.29) is 0 Å². The fourth-order valence-electron chi connectivity index (χ4n) is 1.41. The van der Waals surface area contributed by atoms with E-state index in [0.29, 0.717) is 23.3 Å². The molecule has 108 valence electrons. The predicted octanol–water partition coefficient (Wildman–Crippen LogP) is 1.55. The molecule has 0 aliphatic carbocycles. The Balaban J connectivity index is 2.33. The van der Waals surface area contributed by atoms with Crippen molar-refractivity contribution in [2.75, 3.05) is 7.11 Å². The van der Waals surface area contributed by atoms with Crippen LogP contribution in [0.5, 0.6) is 5.88 Å². The topological polar surface area (TPSA) is 100.0 Å². The van der Waals surface area contributed by atoms with Crippen LogP contribution in [0.15, 0.2) is 16.7 Å². The molecule has 0 radical (unpaired) electrons. The van der Waals surface area contributed by atoms with Crippen molar-refractivity contribution in [2.24, 2.45) is 5.73 Å². The van der Waals surface area contributed by atoms with Crippen LogP contribution in [0.2, 0.25) is 0 Å². The highest BCUT2D eigenvalue weighted by atomic mass is 16.5. The molecule has 2 aromatic heterocycles. The van der Waals surface area contributed by atoms with E-state index in [0.717, 1.165) is 0 Å². The van der Waals surface area contributed by atoms with Crippen LogP contribution in [-0.4, -0.2) is 33.0 Å². The van der Waals surface area contributed by atoms with Gasteiger partial charge in [0.15, 0.2) is 0 Å². The number of ether oxygens (including phenoxy) is 1. The van der Waals surface area contributed by atoms with Crippen molar-refractivity contribution in [2.45, 2.75) is 38.6 Å². The van der Waals surface area contributed by atoms with E-state index in [4.69, 9.17) is 15.0 Å². The number of hydrogen-bond donors (Lipinski definition) is 1. The zero-order chi connectivity index (χ0) is 15.0. The third kappa shape index (κ3) is 2.49. The van der Waals surface area contributed by atoms with Crippen LogP contribution in [0.3, 0.4) is 0 Å². The van der Waals surface area contributed by atoms with Gasteiger partial charge in [-0.2, -0.15) is 4.98 Å². The lowest BCUT2D eigenvalue weighted by Crippen LogP contribution is -2.50. The summed E-state index contributed by atoms with van der Waals surface area (Å²) in [4.78, 5) is 4.37. The highest BCUT2D eigenvalue weighted by Crippen LogP contribution is 2.32. The summed E-state index contributed by atoms with van der Waals surface area (Å²) in [5, 5.41) is 11.8. The maximum absolute atomic E-state index is 6.16. The first-order valence-corrected chi connectivity index (χ1v) is 6.27. The Bertz CT molecular complexity index is 584. The fourth-order valence-corrected chi connectivity index (χ4v) is 1.41. The number of rotatable bonds is 4. The van der Waals surface area contributed by atoms with E-state index in [1.54, 1.807) is 12.1 Å². The Morgan fingerprint density at radius 2 is 1.85 bits per heavy atom. The molecule has 20 heavy (non-hydrogen) atoms. The summed E-state index contributed by atoms with van der Waals surface area (Å²) in [5.41, 5.74) is 5.72. The number of nitrogens with two attached hydrogens (primary N) is 1. The minimum Gasteiger partial charge on any atom is -0.480 e. The number of hydrogen-bond acceptors (Lipinski definition) is 7. The SMILES string of the molecule is COc1ccc(-c2noc(C(C)(C)C(C)(C)N)n2)nn1. The zero-order valence-electron chi connectivity index (χ0n) is 12.3. The highest BCUT2D eigenvalue weighted by molar-refractivity contribution is 5.47. The van der Waals surface area contributed by atoms with Crippen LogP contribution in [-0.2, 0) is 5.41 Å². The molecule has 7 nitrogen and oxygen atoms in total. The molecule has 0 atom stereocenters. The van der Waals surface area contributed by atoms with Crippen molar-refractivity contribution in [3.8, 4) is 17.4 Å². The third-order valence-corrected chi connectivity index (χ3v) is 3.65. The van der Waals surface area contributed by atoms with Gasteiger partial charge in [-0.05, 0) is 33.8 Å². The van der Waals surface area contributed by atoms with Crippen LogP contribution in [0.25, 0.3) is 11.5 Å². The molecule has 0 unspecified atom stereocenters. The normalized spacial score (nSPS) is 12.5. The Kier molecular flexibility index (Phi) is 3.47. The van der Waals surface area contributed by atoms with Crippen LogP contribution in [0, 0.1) is 0 Å². The maximum atomic E-state index is 6.16. The quantitative estimate of drug-likeness (QED) is 0.904. The van der Waals surface area contributed by atoms with Gasteiger partial charge >= 0.3 is 0 Å². The molecule has 0 aliphatic rings. The largest absolute Gasteiger partial charge is 0.480 e. The van der Waals surface area contributed by atoms with Crippen LogP contribution in [0.4, 0.5) is 0 Å². The van der Waals surface area contributed by atoms with Gasteiger partial charge in [0.05, 0.1) is 12.5 Å². The first kappa shape index (κ1) is 14.4. The van der Waals surface area contributed by atoms with E-state index in [1.807, 2.05) is 27.7 Å². The van der Waals surface area contributed by atoms with Gasteiger partial charge in [-0.1, -0.05) is 5.16 Å². The summed E-state index contributed by atoms with van der Waals surface area (Å²) in [6, 6.07) is 3.41. The van der Waals surface area contributed by atoms with Gasteiger partial charge in [0.2, 0.25) is 17.6 Å².